The number of rotatable bonds is 6. The minimum Gasteiger partial charge on any atom is -0.382 e. The molecule has 0 aliphatic rings. The monoisotopic (exact) mass is 312 g/mol. The summed E-state index contributed by atoms with van der Waals surface area (Å²) in [5, 5.41) is 6.85. The fourth-order valence-corrected chi connectivity index (χ4v) is 2.30. The number of nitrogens with two attached hydrogens (primary N) is 1. The number of hydrogen-bond donors (Lipinski definition) is 3. The van der Waals surface area contributed by atoms with Crippen LogP contribution in [0.3, 0.4) is 0 Å². The number of carbonyl (C=O) groups excluding carboxylic acids is 1. The van der Waals surface area contributed by atoms with Crippen LogP contribution in [-0.4, -0.2) is 24.0 Å². The Morgan fingerprint density at radius 1 is 1.29 bits per heavy atom. The smallest absolute Gasteiger partial charge is 0.265 e. The van der Waals surface area contributed by atoms with Gasteiger partial charge in [0.05, 0.1) is 0 Å². The molecule has 1 heterocycles. The van der Waals surface area contributed by atoms with Crippen molar-refractivity contribution < 1.29 is 4.79 Å². The van der Waals surface area contributed by atoms with E-state index in [4.69, 9.17) is 5.73 Å². The van der Waals surface area contributed by atoms with Gasteiger partial charge in [-0.2, -0.15) is 0 Å². The molecule has 1 amide bonds. The minimum atomic E-state index is -0.140. The second-order valence-electron chi connectivity index (χ2n) is 6.99. The van der Waals surface area contributed by atoms with E-state index in [1.807, 2.05) is 0 Å². The van der Waals surface area contributed by atoms with E-state index < -0.39 is 0 Å². The van der Waals surface area contributed by atoms with Crippen molar-refractivity contribution in [2.75, 3.05) is 24.1 Å². The molecule has 0 fully saturated rings. The first-order valence-electron chi connectivity index (χ1n) is 7.39. The van der Waals surface area contributed by atoms with Gasteiger partial charge in [0.2, 0.25) is 0 Å². The summed E-state index contributed by atoms with van der Waals surface area (Å²) in [6.07, 6.45) is 0. The van der Waals surface area contributed by atoms with Crippen molar-refractivity contribution >= 4 is 28.2 Å². The van der Waals surface area contributed by atoms with Crippen LogP contribution in [-0.2, 0) is 0 Å². The molecule has 1 rings (SSSR count). The first kappa shape index (κ1) is 17.8. The van der Waals surface area contributed by atoms with E-state index in [2.05, 4.69) is 57.2 Å². The second-order valence-corrected chi connectivity index (χ2v) is 7.98. The highest BCUT2D eigenvalue weighted by molar-refractivity contribution is 7.18. The van der Waals surface area contributed by atoms with Gasteiger partial charge in [-0.3, -0.25) is 4.79 Å². The van der Waals surface area contributed by atoms with Crippen LogP contribution < -0.4 is 16.4 Å². The molecule has 0 bridgehead atoms. The van der Waals surface area contributed by atoms with Gasteiger partial charge in [-0.15, -0.1) is 0 Å². The number of hydrogen-bond acceptors (Lipinski definition) is 5. The molecule has 1 unspecified atom stereocenters. The Kier molecular flexibility index (Phi) is 6.01. The van der Waals surface area contributed by atoms with Crippen molar-refractivity contribution in [3.8, 4) is 0 Å². The standard InChI is InChI=1S/C15H28N4OS/c1-9(2)7-18-14-19-12(16)11(21-14)13(20)17-8-10(3)15(4,5)6/h9-10H,7-8,16H2,1-6H3,(H,17,20)(H,18,19). The van der Waals surface area contributed by atoms with Gasteiger partial charge in [0, 0.05) is 13.1 Å². The zero-order valence-electron chi connectivity index (χ0n) is 13.9. The molecule has 4 N–H and O–H groups in total. The lowest BCUT2D eigenvalue weighted by molar-refractivity contribution is 0.0942. The third kappa shape index (κ3) is 5.53. The zero-order valence-corrected chi connectivity index (χ0v) is 14.7. The van der Waals surface area contributed by atoms with E-state index in [1.165, 1.54) is 11.3 Å². The van der Waals surface area contributed by atoms with Crippen molar-refractivity contribution in [3.63, 3.8) is 0 Å². The molecule has 21 heavy (non-hydrogen) atoms. The lowest BCUT2D eigenvalue weighted by atomic mass is 9.82. The highest BCUT2D eigenvalue weighted by Crippen LogP contribution is 2.26. The van der Waals surface area contributed by atoms with Crippen LogP contribution in [0.15, 0.2) is 0 Å². The van der Waals surface area contributed by atoms with Crippen LogP contribution in [0.1, 0.15) is 51.2 Å². The molecule has 6 heteroatoms. The van der Waals surface area contributed by atoms with Crippen molar-refractivity contribution in [2.24, 2.45) is 17.3 Å². The maximum atomic E-state index is 12.2. The number of aromatic nitrogens is 1. The van der Waals surface area contributed by atoms with Gasteiger partial charge in [-0.1, -0.05) is 52.9 Å². The minimum absolute atomic E-state index is 0.140. The van der Waals surface area contributed by atoms with Gasteiger partial charge >= 0.3 is 0 Å². The van der Waals surface area contributed by atoms with Gasteiger partial charge in [0.15, 0.2) is 5.13 Å². The molecular weight excluding hydrogens is 284 g/mol. The molecule has 0 aromatic carbocycles. The van der Waals surface area contributed by atoms with E-state index in [-0.39, 0.29) is 11.3 Å². The molecule has 0 saturated carbocycles. The average Bonchev–Trinajstić information content (AvgIpc) is 2.73. The predicted octanol–water partition coefficient (Wildman–Crippen LogP) is 3.21. The third-order valence-electron chi connectivity index (χ3n) is 3.57. The molecule has 0 aliphatic heterocycles. The topological polar surface area (TPSA) is 80.0 Å². The molecule has 120 valence electrons. The van der Waals surface area contributed by atoms with E-state index in [0.29, 0.717) is 34.2 Å². The summed E-state index contributed by atoms with van der Waals surface area (Å²) in [6.45, 7) is 14.3. The van der Waals surface area contributed by atoms with Crippen molar-refractivity contribution in [3.05, 3.63) is 4.88 Å². The van der Waals surface area contributed by atoms with Gasteiger partial charge in [-0.25, -0.2) is 4.98 Å². The van der Waals surface area contributed by atoms with Crippen LogP contribution in [0.5, 0.6) is 0 Å². The van der Waals surface area contributed by atoms with Crippen LogP contribution in [0.25, 0.3) is 0 Å². The molecule has 0 saturated heterocycles. The first-order valence-corrected chi connectivity index (χ1v) is 8.21. The largest absolute Gasteiger partial charge is 0.382 e. The fraction of sp³-hybridized carbons (Fsp3) is 0.733. The average molecular weight is 312 g/mol. The Morgan fingerprint density at radius 3 is 2.43 bits per heavy atom. The van der Waals surface area contributed by atoms with Gasteiger partial charge < -0.3 is 16.4 Å². The molecule has 1 aromatic rings. The van der Waals surface area contributed by atoms with E-state index in [0.717, 1.165) is 6.54 Å². The highest BCUT2D eigenvalue weighted by Gasteiger charge is 2.22. The lowest BCUT2D eigenvalue weighted by Gasteiger charge is -2.27. The number of carbonyl (C=O) groups is 1. The number of anilines is 2. The molecule has 5 nitrogen and oxygen atoms in total. The number of nitrogen functional groups attached to an aromatic ring is 1. The van der Waals surface area contributed by atoms with E-state index in [1.54, 1.807) is 0 Å². The van der Waals surface area contributed by atoms with Crippen LogP contribution in [0.4, 0.5) is 10.9 Å². The Labute approximate surface area is 131 Å². The van der Waals surface area contributed by atoms with E-state index in [9.17, 15) is 4.79 Å². The quantitative estimate of drug-likeness (QED) is 0.753. The normalized spacial score (nSPS) is 13.3. The SMILES string of the molecule is CC(C)CNc1nc(N)c(C(=O)NCC(C)C(C)(C)C)s1. The predicted molar refractivity (Wildman–Crippen MR) is 90.8 cm³/mol. The Hall–Kier alpha value is -1.30. The van der Waals surface area contributed by atoms with Gasteiger partial charge in [0.1, 0.15) is 10.7 Å². The van der Waals surface area contributed by atoms with Crippen LogP contribution >= 0.6 is 11.3 Å². The summed E-state index contributed by atoms with van der Waals surface area (Å²) in [5.41, 5.74) is 6.00. The summed E-state index contributed by atoms with van der Waals surface area (Å²) in [7, 11) is 0. The van der Waals surface area contributed by atoms with Crippen molar-refractivity contribution in [1.29, 1.82) is 0 Å². The number of nitrogens with zero attached hydrogens (tertiary/aromatic N) is 1. The number of thiazole rings is 1. The molecule has 0 radical (unpaired) electrons. The van der Waals surface area contributed by atoms with Crippen LogP contribution in [0, 0.1) is 17.3 Å². The number of amides is 1. The van der Waals surface area contributed by atoms with Crippen LogP contribution in [0.2, 0.25) is 0 Å². The lowest BCUT2D eigenvalue weighted by Crippen LogP contribution is -2.33. The molecule has 0 spiro atoms. The van der Waals surface area contributed by atoms with Gasteiger partial charge in [-0.05, 0) is 17.3 Å². The third-order valence-corrected chi connectivity index (χ3v) is 4.60. The summed E-state index contributed by atoms with van der Waals surface area (Å²) < 4.78 is 0. The maximum Gasteiger partial charge on any atom is 0.265 e. The second kappa shape index (κ2) is 7.11. The Balaban J connectivity index is 2.62. The molecule has 0 aliphatic carbocycles. The number of nitrogens with one attached hydrogen (secondary N) is 2. The molecule has 1 atom stereocenters. The summed E-state index contributed by atoms with van der Waals surface area (Å²) in [4.78, 5) is 16.9. The first-order chi connectivity index (χ1) is 9.61. The Morgan fingerprint density at radius 2 is 1.90 bits per heavy atom. The van der Waals surface area contributed by atoms with Crippen molar-refractivity contribution in [2.45, 2.75) is 41.5 Å². The highest BCUT2D eigenvalue weighted by atomic mass is 32.1. The van der Waals surface area contributed by atoms with E-state index >= 15 is 0 Å². The molecular formula is C15H28N4OS. The fourth-order valence-electron chi connectivity index (χ4n) is 1.49. The molecule has 1 aromatic heterocycles. The van der Waals surface area contributed by atoms with Gasteiger partial charge in [0.25, 0.3) is 5.91 Å². The maximum absolute atomic E-state index is 12.2. The summed E-state index contributed by atoms with van der Waals surface area (Å²) in [6, 6.07) is 0. The summed E-state index contributed by atoms with van der Waals surface area (Å²) in [5.74, 6) is 1.06. The zero-order chi connectivity index (χ0) is 16.2. The Bertz CT molecular complexity index is 477. The van der Waals surface area contributed by atoms with Crippen molar-refractivity contribution in [1.82, 2.24) is 10.3 Å². The summed E-state index contributed by atoms with van der Waals surface area (Å²) >= 11 is 1.31.